The Morgan fingerprint density at radius 1 is 1.45 bits per heavy atom. The number of amides is 1. The lowest BCUT2D eigenvalue weighted by Crippen LogP contribution is -2.38. The molecule has 0 aliphatic carbocycles. The Morgan fingerprint density at radius 2 is 2.25 bits per heavy atom. The van der Waals surface area contributed by atoms with Crippen molar-refractivity contribution in [2.24, 2.45) is 0 Å². The Morgan fingerprint density at radius 3 is 2.90 bits per heavy atom. The number of rotatable bonds is 4. The van der Waals surface area contributed by atoms with Gasteiger partial charge in [-0.05, 0) is 37.3 Å². The lowest BCUT2D eigenvalue weighted by molar-refractivity contribution is 0.0330. The number of benzene rings is 1. The highest BCUT2D eigenvalue weighted by molar-refractivity contribution is 5.94. The van der Waals surface area contributed by atoms with Crippen molar-refractivity contribution in [1.82, 2.24) is 5.32 Å². The summed E-state index contributed by atoms with van der Waals surface area (Å²) in [7, 11) is 0. The van der Waals surface area contributed by atoms with E-state index in [-0.39, 0.29) is 12.5 Å². The second-order valence-electron chi connectivity index (χ2n) is 4.63. The summed E-state index contributed by atoms with van der Waals surface area (Å²) in [6.07, 6.45) is 1.46. The first-order chi connectivity index (χ1) is 9.53. The van der Waals surface area contributed by atoms with Crippen molar-refractivity contribution in [2.45, 2.75) is 12.5 Å². The van der Waals surface area contributed by atoms with Crippen LogP contribution < -0.4 is 5.32 Å². The van der Waals surface area contributed by atoms with Crippen molar-refractivity contribution < 1.29 is 14.3 Å². The number of nitrogens with zero attached hydrogens (tertiary/aromatic N) is 1. The molecule has 0 spiro atoms. The van der Waals surface area contributed by atoms with Gasteiger partial charge in [-0.15, -0.1) is 0 Å². The molecular weight excluding hydrogens is 256 g/mol. The SMILES string of the molecule is CC(O)(CNC(=O)c1cccc(C#N)c1)c1ccco1. The van der Waals surface area contributed by atoms with Gasteiger partial charge in [0.25, 0.3) is 5.91 Å². The maximum atomic E-state index is 12.0. The van der Waals surface area contributed by atoms with E-state index in [1.807, 2.05) is 6.07 Å². The molecule has 0 radical (unpaired) electrons. The minimum absolute atomic E-state index is 0.0100. The van der Waals surface area contributed by atoms with Crippen LogP contribution >= 0.6 is 0 Å². The first-order valence-corrected chi connectivity index (χ1v) is 6.07. The molecule has 5 nitrogen and oxygen atoms in total. The second kappa shape index (κ2) is 5.59. The third-order valence-electron chi connectivity index (χ3n) is 2.90. The van der Waals surface area contributed by atoms with Crippen molar-refractivity contribution in [3.05, 3.63) is 59.5 Å². The van der Waals surface area contributed by atoms with Gasteiger partial charge in [-0.25, -0.2) is 0 Å². The van der Waals surface area contributed by atoms with E-state index in [0.717, 1.165) is 0 Å². The highest BCUT2D eigenvalue weighted by atomic mass is 16.4. The fraction of sp³-hybridized carbons (Fsp3) is 0.200. The summed E-state index contributed by atoms with van der Waals surface area (Å²) in [6.45, 7) is 1.56. The molecule has 1 amide bonds. The zero-order chi connectivity index (χ0) is 14.6. The molecule has 0 fully saturated rings. The van der Waals surface area contributed by atoms with Gasteiger partial charge in [-0.2, -0.15) is 5.26 Å². The Labute approximate surface area is 116 Å². The van der Waals surface area contributed by atoms with E-state index < -0.39 is 5.60 Å². The summed E-state index contributed by atoms with van der Waals surface area (Å²) in [5.74, 6) is 0.0255. The van der Waals surface area contributed by atoms with Crippen molar-refractivity contribution >= 4 is 5.91 Å². The summed E-state index contributed by atoms with van der Waals surface area (Å²) >= 11 is 0. The van der Waals surface area contributed by atoms with Crippen LogP contribution in [-0.2, 0) is 5.60 Å². The molecule has 20 heavy (non-hydrogen) atoms. The van der Waals surface area contributed by atoms with E-state index in [9.17, 15) is 9.90 Å². The molecule has 0 saturated heterocycles. The zero-order valence-electron chi connectivity index (χ0n) is 11.0. The molecular formula is C15H14N2O3. The van der Waals surface area contributed by atoms with Gasteiger partial charge in [0.15, 0.2) is 0 Å². The van der Waals surface area contributed by atoms with Crippen LogP contribution in [0.4, 0.5) is 0 Å². The number of hydrogen-bond donors (Lipinski definition) is 2. The Kier molecular flexibility index (Phi) is 3.87. The second-order valence-corrected chi connectivity index (χ2v) is 4.63. The molecule has 1 atom stereocenters. The average molecular weight is 270 g/mol. The summed E-state index contributed by atoms with van der Waals surface area (Å²) in [5, 5.41) is 21.6. The highest BCUT2D eigenvalue weighted by Gasteiger charge is 2.26. The standard InChI is InChI=1S/C15H14N2O3/c1-15(19,13-6-3-7-20-13)10-17-14(18)12-5-2-4-11(8-12)9-16/h2-8,19H,10H2,1H3,(H,17,18). The molecule has 0 aliphatic rings. The Balaban J connectivity index is 2.04. The predicted octanol–water partition coefficient (Wildman–Crippen LogP) is 1.79. The first-order valence-electron chi connectivity index (χ1n) is 6.07. The number of nitriles is 1. The molecule has 1 heterocycles. The van der Waals surface area contributed by atoms with Gasteiger partial charge in [-0.3, -0.25) is 4.79 Å². The Bertz CT molecular complexity index is 639. The third-order valence-corrected chi connectivity index (χ3v) is 2.90. The van der Waals surface area contributed by atoms with Gasteiger partial charge in [0.05, 0.1) is 24.4 Å². The zero-order valence-corrected chi connectivity index (χ0v) is 11.0. The molecule has 2 rings (SSSR count). The third kappa shape index (κ3) is 3.05. The van der Waals surface area contributed by atoms with Crippen molar-refractivity contribution in [3.8, 4) is 6.07 Å². The van der Waals surface area contributed by atoms with Crippen molar-refractivity contribution in [3.63, 3.8) is 0 Å². The van der Waals surface area contributed by atoms with Gasteiger partial charge < -0.3 is 14.8 Å². The molecule has 1 aromatic heterocycles. The summed E-state index contributed by atoms with van der Waals surface area (Å²) in [5.41, 5.74) is -0.499. The number of furan rings is 1. The number of carbonyl (C=O) groups excluding carboxylic acids is 1. The molecule has 1 aromatic carbocycles. The van der Waals surface area contributed by atoms with Crippen LogP contribution in [0.1, 0.15) is 28.6 Å². The molecule has 102 valence electrons. The minimum Gasteiger partial charge on any atom is -0.466 e. The molecule has 1 unspecified atom stereocenters. The fourth-order valence-corrected chi connectivity index (χ4v) is 1.76. The lowest BCUT2D eigenvalue weighted by atomic mass is 10.0. The highest BCUT2D eigenvalue weighted by Crippen LogP contribution is 2.19. The van der Waals surface area contributed by atoms with Crippen LogP contribution in [0.5, 0.6) is 0 Å². The molecule has 5 heteroatoms. The van der Waals surface area contributed by atoms with Gasteiger partial charge in [-0.1, -0.05) is 6.07 Å². The summed E-state index contributed by atoms with van der Waals surface area (Å²) in [4.78, 5) is 12.0. The van der Waals surface area contributed by atoms with Crippen LogP contribution in [-0.4, -0.2) is 17.6 Å². The number of nitrogens with one attached hydrogen (secondary N) is 1. The van der Waals surface area contributed by atoms with Crippen LogP contribution in [0.2, 0.25) is 0 Å². The maximum Gasteiger partial charge on any atom is 0.251 e. The van der Waals surface area contributed by atoms with Crippen LogP contribution in [0.15, 0.2) is 47.1 Å². The summed E-state index contributed by atoms with van der Waals surface area (Å²) in [6, 6.07) is 11.6. The van der Waals surface area contributed by atoms with Gasteiger partial charge in [0.1, 0.15) is 11.4 Å². The van der Waals surface area contributed by atoms with E-state index in [1.54, 1.807) is 37.3 Å². The lowest BCUT2D eigenvalue weighted by Gasteiger charge is -2.21. The van der Waals surface area contributed by atoms with E-state index in [4.69, 9.17) is 9.68 Å². The van der Waals surface area contributed by atoms with E-state index in [2.05, 4.69) is 5.32 Å². The number of hydrogen-bond acceptors (Lipinski definition) is 4. The fourth-order valence-electron chi connectivity index (χ4n) is 1.76. The normalized spacial score (nSPS) is 13.2. The van der Waals surface area contributed by atoms with Crippen LogP contribution in [0.25, 0.3) is 0 Å². The maximum absolute atomic E-state index is 12.0. The molecule has 2 aromatic rings. The quantitative estimate of drug-likeness (QED) is 0.886. The smallest absolute Gasteiger partial charge is 0.251 e. The minimum atomic E-state index is -1.29. The largest absolute Gasteiger partial charge is 0.466 e. The van der Waals surface area contributed by atoms with Crippen LogP contribution in [0.3, 0.4) is 0 Å². The van der Waals surface area contributed by atoms with Crippen LogP contribution in [0, 0.1) is 11.3 Å². The molecule has 0 aliphatic heterocycles. The number of aliphatic hydroxyl groups is 1. The monoisotopic (exact) mass is 270 g/mol. The van der Waals surface area contributed by atoms with Crippen molar-refractivity contribution in [1.29, 1.82) is 5.26 Å². The van der Waals surface area contributed by atoms with Gasteiger partial charge in [0.2, 0.25) is 0 Å². The molecule has 0 bridgehead atoms. The van der Waals surface area contributed by atoms with E-state index in [0.29, 0.717) is 16.9 Å². The summed E-state index contributed by atoms with van der Waals surface area (Å²) < 4.78 is 5.13. The predicted molar refractivity (Wildman–Crippen MR) is 71.8 cm³/mol. The molecule has 2 N–H and O–H groups in total. The average Bonchev–Trinajstić information content (AvgIpc) is 3.00. The van der Waals surface area contributed by atoms with Crippen molar-refractivity contribution in [2.75, 3.05) is 6.54 Å². The topological polar surface area (TPSA) is 86.3 Å². The number of carbonyl (C=O) groups is 1. The van der Waals surface area contributed by atoms with E-state index >= 15 is 0 Å². The van der Waals surface area contributed by atoms with Gasteiger partial charge >= 0.3 is 0 Å². The van der Waals surface area contributed by atoms with E-state index in [1.165, 1.54) is 12.3 Å². The Hall–Kier alpha value is -2.58. The molecule has 0 saturated carbocycles. The van der Waals surface area contributed by atoms with Gasteiger partial charge in [0, 0.05) is 5.56 Å². The first kappa shape index (κ1) is 13.8.